The van der Waals surface area contributed by atoms with Gasteiger partial charge in [0.05, 0.1) is 12.4 Å². The average Bonchev–Trinajstić information content (AvgIpc) is 2.56. The number of hydrogen-bond acceptors (Lipinski definition) is 4. The highest BCUT2D eigenvalue weighted by Gasteiger charge is 2.17. The summed E-state index contributed by atoms with van der Waals surface area (Å²) in [5.41, 5.74) is 2.36. The third-order valence-corrected chi connectivity index (χ3v) is 3.58. The first-order valence-corrected chi connectivity index (χ1v) is 8.10. The van der Waals surface area contributed by atoms with Gasteiger partial charge in [0.2, 0.25) is 0 Å². The quantitative estimate of drug-likeness (QED) is 0.793. The van der Waals surface area contributed by atoms with E-state index in [4.69, 9.17) is 0 Å². The Morgan fingerprint density at radius 2 is 2.04 bits per heavy atom. The molecule has 1 N–H and O–H groups in total. The van der Waals surface area contributed by atoms with Crippen LogP contribution in [0.15, 0.2) is 36.7 Å². The third-order valence-electron chi connectivity index (χ3n) is 3.58. The van der Waals surface area contributed by atoms with Crippen LogP contribution < -0.4 is 10.2 Å². The number of carbonyl (C=O) groups excluding carboxylic acids is 1. The Bertz CT molecular complexity index is 640. The van der Waals surface area contributed by atoms with Gasteiger partial charge in [-0.2, -0.15) is 0 Å². The number of aryl methyl sites for hydroxylation is 1. The molecule has 0 fully saturated rings. The fourth-order valence-electron chi connectivity index (χ4n) is 2.30. The summed E-state index contributed by atoms with van der Waals surface area (Å²) in [6, 6.07) is 7.89. The van der Waals surface area contributed by atoms with Gasteiger partial charge in [0.15, 0.2) is 0 Å². The first-order chi connectivity index (χ1) is 11.2. The average molecular weight is 312 g/mol. The van der Waals surface area contributed by atoms with Gasteiger partial charge in [0.1, 0.15) is 11.5 Å². The third kappa shape index (κ3) is 4.52. The Hall–Kier alpha value is -2.43. The lowest BCUT2D eigenvalue weighted by Crippen LogP contribution is -2.31. The van der Waals surface area contributed by atoms with E-state index in [0.717, 1.165) is 30.6 Å². The van der Waals surface area contributed by atoms with E-state index < -0.39 is 0 Å². The number of nitrogens with one attached hydrogen (secondary N) is 1. The second-order valence-electron chi connectivity index (χ2n) is 5.46. The van der Waals surface area contributed by atoms with Crippen molar-refractivity contribution in [1.29, 1.82) is 0 Å². The molecule has 0 aliphatic rings. The van der Waals surface area contributed by atoms with Crippen LogP contribution in [-0.4, -0.2) is 29.0 Å². The van der Waals surface area contributed by atoms with Crippen LogP contribution in [0.5, 0.6) is 0 Å². The molecule has 2 rings (SSSR count). The smallest absolute Gasteiger partial charge is 0.278 e. The second kappa shape index (κ2) is 8.27. The molecule has 122 valence electrons. The summed E-state index contributed by atoms with van der Waals surface area (Å²) >= 11 is 0. The van der Waals surface area contributed by atoms with Crippen molar-refractivity contribution >= 4 is 17.4 Å². The molecule has 0 bridgehead atoms. The standard InChI is InChI=1S/C18H24N4O/c1-4-6-10-19-17-13-20-16(12-21-17)18(23)22(5-2)15-9-7-8-14(3)11-15/h7-9,11-13H,4-6,10H2,1-3H3,(H,19,21). The van der Waals surface area contributed by atoms with Gasteiger partial charge in [-0.15, -0.1) is 0 Å². The Morgan fingerprint density at radius 3 is 2.65 bits per heavy atom. The van der Waals surface area contributed by atoms with Crippen molar-refractivity contribution in [2.75, 3.05) is 23.3 Å². The zero-order valence-electron chi connectivity index (χ0n) is 14.0. The van der Waals surface area contributed by atoms with E-state index in [1.807, 2.05) is 38.1 Å². The van der Waals surface area contributed by atoms with E-state index in [1.165, 1.54) is 6.20 Å². The molecule has 0 atom stereocenters. The van der Waals surface area contributed by atoms with Crippen molar-refractivity contribution in [3.63, 3.8) is 0 Å². The lowest BCUT2D eigenvalue weighted by atomic mass is 10.2. The minimum atomic E-state index is -0.134. The van der Waals surface area contributed by atoms with Crippen LogP contribution >= 0.6 is 0 Å². The first kappa shape index (κ1) is 16.9. The zero-order valence-corrected chi connectivity index (χ0v) is 14.0. The predicted octanol–water partition coefficient (Wildman–Crippen LogP) is 3.66. The summed E-state index contributed by atoms with van der Waals surface area (Å²) in [4.78, 5) is 22.9. The van der Waals surface area contributed by atoms with Gasteiger partial charge in [0.25, 0.3) is 5.91 Å². The molecule has 5 heteroatoms. The largest absolute Gasteiger partial charge is 0.369 e. The predicted molar refractivity (Wildman–Crippen MR) is 94.0 cm³/mol. The highest BCUT2D eigenvalue weighted by atomic mass is 16.2. The highest BCUT2D eigenvalue weighted by Crippen LogP contribution is 2.18. The number of amides is 1. The molecule has 1 aromatic heterocycles. The van der Waals surface area contributed by atoms with Gasteiger partial charge in [-0.3, -0.25) is 4.79 Å². The van der Waals surface area contributed by atoms with Gasteiger partial charge in [-0.1, -0.05) is 25.5 Å². The van der Waals surface area contributed by atoms with Gasteiger partial charge in [-0.05, 0) is 38.0 Å². The summed E-state index contributed by atoms with van der Waals surface area (Å²) in [5.74, 6) is 0.569. The molecule has 0 saturated heterocycles. The van der Waals surface area contributed by atoms with Gasteiger partial charge in [0, 0.05) is 18.8 Å². The molecule has 0 aliphatic carbocycles. The monoisotopic (exact) mass is 312 g/mol. The number of anilines is 2. The van der Waals surface area contributed by atoms with Crippen LogP contribution in [0.3, 0.4) is 0 Å². The minimum Gasteiger partial charge on any atom is -0.369 e. The second-order valence-corrected chi connectivity index (χ2v) is 5.46. The summed E-state index contributed by atoms with van der Waals surface area (Å²) in [7, 11) is 0. The molecule has 1 aromatic carbocycles. The Kier molecular flexibility index (Phi) is 6.09. The molecule has 2 aromatic rings. The molecule has 1 heterocycles. The van der Waals surface area contributed by atoms with Crippen molar-refractivity contribution < 1.29 is 4.79 Å². The zero-order chi connectivity index (χ0) is 16.7. The number of unbranched alkanes of at least 4 members (excludes halogenated alkanes) is 1. The fourth-order valence-corrected chi connectivity index (χ4v) is 2.30. The molecule has 0 radical (unpaired) electrons. The van der Waals surface area contributed by atoms with Crippen LogP contribution in [0.25, 0.3) is 0 Å². The number of hydrogen-bond donors (Lipinski definition) is 1. The van der Waals surface area contributed by atoms with Crippen molar-refractivity contribution in [1.82, 2.24) is 9.97 Å². The van der Waals surface area contributed by atoms with Crippen LogP contribution in [0.1, 0.15) is 42.7 Å². The van der Waals surface area contributed by atoms with Crippen LogP contribution in [0, 0.1) is 6.92 Å². The van der Waals surface area contributed by atoms with Crippen LogP contribution in [-0.2, 0) is 0 Å². The molecule has 0 unspecified atom stereocenters. The highest BCUT2D eigenvalue weighted by molar-refractivity contribution is 6.04. The van der Waals surface area contributed by atoms with E-state index in [-0.39, 0.29) is 5.91 Å². The summed E-state index contributed by atoms with van der Waals surface area (Å²) in [6.07, 6.45) is 5.36. The van der Waals surface area contributed by atoms with E-state index in [0.29, 0.717) is 18.1 Å². The number of carbonyl (C=O) groups is 1. The number of benzene rings is 1. The molecule has 5 nitrogen and oxygen atoms in total. The topological polar surface area (TPSA) is 58.1 Å². The molecule has 1 amide bonds. The number of aromatic nitrogens is 2. The van der Waals surface area contributed by atoms with E-state index in [9.17, 15) is 4.79 Å². The Morgan fingerprint density at radius 1 is 1.22 bits per heavy atom. The molecule has 0 spiro atoms. The van der Waals surface area contributed by atoms with Crippen molar-refractivity contribution in [2.45, 2.75) is 33.6 Å². The Labute approximate surface area is 137 Å². The maximum atomic E-state index is 12.7. The van der Waals surface area contributed by atoms with Crippen LogP contribution in [0.2, 0.25) is 0 Å². The maximum Gasteiger partial charge on any atom is 0.278 e. The normalized spacial score (nSPS) is 10.4. The summed E-state index contributed by atoms with van der Waals surface area (Å²) < 4.78 is 0. The van der Waals surface area contributed by atoms with E-state index in [1.54, 1.807) is 11.1 Å². The summed E-state index contributed by atoms with van der Waals surface area (Å²) in [6.45, 7) is 7.55. The van der Waals surface area contributed by atoms with Gasteiger partial charge < -0.3 is 10.2 Å². The van der Waals surface area contributed by atoms with Crippen molar-refractivity contribution in [2.24, 2.45) is 0 Å². The van der Waals surface area contributed by atoms with Crippen molar-refractivity contribution in [3.05, 3.63) is 47.9 Å². The molecular formula is C18H24N4O. The summed E-state index contributed by atoms with van der Waals surface area (Å²) in [5, 5.41) is 3.20. The Balaban J connectivity index is 2.11. The molecule has 0 aliphatic heterocycles. The maximum absolute atomic E-state index is 12.7. The van der Waals surface area contributed by atoms with Crippen LogP contribution in [0.4, 0.5) is 11.5 Å². The molecular weight excluding hydrogens is 288 g/mol. The first-order valence-electron chi connectivity index (χ1n) is 8.10. The number of rotatable bonds is 7. The fraction of sp³-hybridized carbons (Fsp3) is 0.389. The molecule has 23 heavy (non-hydrogen) atoms. The lowest BCUT2D eigenvalue weighted by molar-refractivity contribution is 0.0983. The lowest BCUT2D eigenvalue weighted by Gasteiger charge is -2.21. The number of nitrogens with zero attached hydrogens (tertiary/aromatic N) is 3. The van der Waals surface area contributed by atoms with Gasteiger partial charge in [-0.25, -0.2) is 9.97 Å². The molecule has 0 saturated carbocycles. The van der Waals surface area contributed by atoms with Gasteiger partial charge >= 0.3 is 0 Å². The van der Waals surface area contributed by atoms with E-state index >= 15 is 0 Å². The minimum absolute atomic E-state index is 0.134. The SMILES string of the molecule is CCCCNc1cnc(C(=O)N(CC)c2cccc(C)c2)cn1. The van der Waals surface area contributed by atoms with Crippen molar-refractivity contribution in [3.8, 4) is 0 Å². The van der Waals surface area contributed by atoms with E-state index in [2.05, 4.69) is 22.2 Å².